The van der Waals surface area contributed by atoms with Crippen LogP contribution < -0.4 is 11.1 Å². The molecule has 1 aliphatic carbocycles. The van der Waals surface area contributed by atoms with Crippen LogP contribution in [0.25, 0.3) is 0 Å². The van der Waals surface area contributed by atoms with Crippen molar-refractivity contribution >= 4 is 0 Å². The lowest BCUT2D eigenvalue weighted by atomic mass is 9.63. The molecule has 1 rings (SSSR count). The Hall–Kier alpha value is -0.340. The zero-order chi connectivity index (χ0) is 11.5. The molecule has 1 saturated carbocycles. The molecule has 2 nitrogen and oxygen atoms in total. The van der Waals surface area contributed by atoms with Crippen LogP contribution in [0, 0.1) is 5.41 Å². The fraction of sp³-hybridized carbons (Fsp3) is 0.846. The van der Waals surface area contributed by atoms with Crippen LogP contribution in [0.2, 0.25) is 0 Å². The van der Waals surface area contributed by atoms with E-state index in [-0.39, 0.29) is 5.54 Å². The van der Waals surface area contributed by atoms with Gasteiger partial charge in [-0.05, 0) is 25.2 Å². The van der Waals surface area contributed by atoms with Crippen LogP contribution in [0.5, 0.6) is 0 Å². The van der Waals surface area contributed by atoms with Crippen molar-refractivity contribution in [3.63, 3.8) is 0 Å². The Kier molecular flexibility index (Phi) is 3.96. The Balaban J connectivity index is 2.75. The lowest BCUT2D eigenvalue weighted by Gasteiger charge is -2.50. The van der Waals surface area contributed by atoms with E-state index in [1.807, 2.05) is 0 Å². The van der Waals surface area contributed by atoms with Gasteiger partial charge in [-0.15, -0.1) is 0 Å². The summed E-state index contributed by atoms with van der Waals surface area (Å²) in [7, 11) is 0. The number of hydrogen-bond donors (Lipinski definition) is 2. The lowest BCUT2D eigenvalue weighted by Crippen LogP contribution is -2.62. The maximum Gasteiger partial charge on any atom is 0.0358 e. The molecule has 1 aliphatic rings. The predicted octanol–water partition coefficient (Wildman–Crippen LogP) is 2.45. The second kappa shape index (κ2) is 4.67. The van der Waals surface area contributed by atoms with Crippen molar-refractivity contribution in [2.75, 3.05) is 13.1 Å². The minimum Gasteiger partial charge on any atom is -0.329 e. The maximum absolute atomic E-state index is 6.01. The van der Waals surface area contributed by atoms with Gasteiger partial charge < -0.3 is 11.1 Å². The number of hydrogen-bond acceptors (Lipinski definition) is 2. The molecule has 0 aromatic heterocycles. The van der Waals surface area contributed by atoms with Gasteiger partial charge in [-0.3, -0.25) is 0 Å². The fourth-order valence-electron chi connectivity index (χ4n) is 2.67. The molecule has 0 aromatic rings. The smallest absolute Gasteiger partial charge is 0.0358 e. The first-order chi connectivity index (χ1) is 6.93. The molecule has 0 amide bonds. The van der Waals surface area contributed by atoms with Crippen LogP contribution in [0.1, 0.15) is 46.5 Å². The average molecular weight is 210 g/mol. The van der Waals surface area contributed by atoms with E-state index in [1.165, 1.54) is 31.3 Å². The van der Waals surface area contributed by atoms with Crippen LogP contribution in [0.3, 0.4) is 0 Å². The van der Waals surface area contributed by atoms with E-state index in [2.05, 4.69) is 32.7 Å². The average Bonchev–Trinajstić information content (AvgIpc) is 2.16. The van der Waals surface area contributed by atoms with Crippen LogP contribution >= 0.6 is 0 Å². The molecule has 1 atom stereocenters. The van der Waals surface area contributed by atoms with Gasteiger partial charge in [-0.1, -0.05) is 38.8 Å². The highest BCUT2D eigenvalue weighted by atomic mass is 15.0. The van der Waals surface area contributed by atoms with Crippen molar-refractivity contribution in [2.24, 2.45) is 11.1 Å². The van der Waals surface area contributed by atoms with Crippen LogP contribution in [-0.4, -0.2) is 18.6 Å². The molecular weight excluding hydrogens is 184 g/mol. The molecule has 0 aromatic carbocycles. The highest BCUT2D eigenvalue weighted by molar-refractivity contribution is 5.06. The fourth-order valence-corrected chi connectivity index (χ4v) is 2.67. The maximum atomic E-state index is 6.01. The quantitative estimate of drug-likeness (QED) is 0.700. The topological polar surface area (TPSA) is 38.0 Å². The van der Waals surface area contributed by atoms with E-state index in [4.69, 9.17) is 5.73 Å². The largest absolute Gasteiger partial charge is 0.329 e. The Labute approximate surface area is 94.3 Å². The van der Waals surface area contributed by atoms with Crippen LogP contribution in [0.15, 0.2) is 12.2 Å². The van der Waals surface area contributed by atoms with Gasteiger partial charge in [0, 0.05) is 18.6 Å². The summed E-state index contributed by atoms with van der Waals surface area (Å²) in [6.07, 6.45) is 5.10. The van der Waals surface area contributed by atoms with Gasteiger partial charge in [-0.25, -0.2) is 0 Å². The van der Waals surface area contributed by atoms with Crippen molar-refractivity contribution < 1.29 is 0 Å². The van der Waals surface area contributed by atoms with Crippen molar-refractivity contribution in [3.05, 3.63) is 12.2 Å². The van der Waals surface area contributed by atoms with Crippen molar-refractivity contribution in [1.29, 1.82) is 0 Å². The summed E-state index contributed by atoms with van der Waals surface area (Å²) in [4.78, 5) is 0. The third-order valence-corrected chi connectivity index (χ3v) is 4.03. The molecule has 0 heterocycles. The molecule has 1 unspecified atom stereocenters. The number of nitrogens with one attached hydrogen (secondary N) is 1. The molecule has 2 heteroatoms. The Morgan fingerprint density at radius 2 is 1.93 bits per heavy atom. The standard InChI is InChI=1S/C13H26N2/c1-11(2)9-15-13(10-14)8-6-5-7-12(13,3)4/h15H,1,5-10,14H2,2-4H3. The first-order valence-corrected chi connectivity index (χ1v) is 6.03. The van der Waals surface area contributed by atoms with Crippen molar-refractivity contribution in [2.45, 2.75) is 52.0 Å². The minimum absolute atomic E-state index is 0.115. The third-order valence-electron chi connectivity index (χ3n) is 4.03. The highest BCUT2D eigenvalue weighted by Gasteiger charge is 2.44. The lowest BCUT2D eigenvalue weighted by molar-refractivity contribution is 0.0720. The molecule has 0 saturated heterocycles. The summed E-state index contributed by atoms with van der Waals surface area (Å²) in [5.41, 5.74) is 7.61. The highest BCUT2D eigenvalue weighted by Crippen LogP contribution is 2.43. The van der Waals surface area contributed by atoms with Gasteiger partial charge in [0.15, 0.2) is 0 Å². The summed E-state index contributed by atoms with van der Waals surface area (Å²) in [6.45, 7) is 12.3. The molecule has 1 fully saturated rings. The Bertz CT molecular complexity index is 233. The van der Waals surface area contributed by atoms with E-state index in [0.29, 0.717) is 5.41 Å². The van der Waals surface area contributed by atoms with Crippen LogP contribution in [0.4, 0.5) is 0 Å². The number of nitrogens with two attached hydrogens (primary N) is 1. The summed E-state index contributed by atoms with van der Waals surface area (Å²) in [6, 6.07) is 0. The van der Waals surface area contributed by atoms with Crippen molar-refractivity contribution in [1.82, 2.24) is 5.32 Å². The third kappa shape index (κ3) is 2.61. The molecule has 0 bridgehead atoms. The summed E-state index contributed by atoms with van der Waals surface area (Å²) in [5.74, 6) is 0. The number of rotatable bonds is 4. The molecule has 0 radical (unpaired) electrons. The normalized spacial score (nSPS) is 30.1. The molecule has 0 aliphatic heterocycles. The van der Waals surface area contributed by atoms with E-state index < -0.39 is 0 Å². The monoisotopic (exact) mass is 210 g/mol. The van der Waals surface area contributed by atoms with Crippen LogP contribution in [-0.2, 0) is 0 Å². The van der Waals surface area contributed by atoms with Gasteiger partial charge in [-0.2, -0.15) is 0 Å². The molecular formula is C13H26N2. The molecule has 88 valence electrons. The SMILES string of the molecule is C=C(C)CNC1(CN)CCCCC1(C)C. The zero-order valence-electron chi connectivity index (χ0n) is 10.5. The molecule has 3 N–H and O–H groups in total. The second-order valence-electron chi connectivity index (χ2n) is 5.69. The summed E-state index contributed by atoms with van der Waals surface area (Å²) in [5, 5.41) is 3.65. The van der Waals surface area contributed by atoms with Gasteiger partial charge in [0.05, 0.1) is 0 Å². The predicted molar refractivity (Wildman–Crippen MR) is 66.9 cm³/mol. The van der Waals surface area contributed by atoms with Gasteiger partial charge in [0.2, 0.25) is 0 Å². The molecule has 15 heavy (non-hydrogen) atoms. The zero-order valence-corrected chi connectivity index (χ0v) is 10.5. The summed E-state index contributed by atoms with van der Waals surface area (Å²) < 4.78 is 0. The van der Waals surface area contributed by atoms with E-state index in [0.717, 1.165) is 13.1 Å². The van der Waals surface area contributed by atoms with Crippen molar-refractivity contribution in [3.8, 4) is 0 Å². The molecule has 0 spiro atoms. The van der Waals surface area contributed by atoms with Gasteiger partial charge >= 0.3 is 0 Å². The van der Waals surface area contributed by atoms with E-state index >= 15 is 0 Å². The summed E-state index contributed by atoms with van der Waals surface area (Å²) >= 11 is 0. The van der Waals surface area contributed by atoms with E-state index in [1.54, 1.807) is 0 Å². The van der Waals surface area contributed by atoms with E-state index in [9.17, 15) is 0 Å². The first kappa shape index (κ1) is 12.7. The Morgan fingerprint density at radius 3 is 2.40 bits per heavy atom. The van der Waals surface area contributed by atoms with Gasteiger partial charge in [0.25, 0.3) is 0 Å². The second-order valence-corrected chi connectivity index (χ2v) is 5.69. The first-order valence-electron chi connectivity index (χ1n) is 6.03. The minimum atomic E-state index is 0.115. The van der Waals surface area contributed by atoms with Gasteiger partial charge in [0.1, 0.15) is 0 Å². The Morgan fingerprint density at radius 1 is 1.33 bits per heavy atom.